The van der Waals surface area contributed by atoms with Gasteiger partial charge in [-0.1, -0.05) is 0 Å². The summed E-state index contributed by atoms with van der Waals surface area (Å²) in [6, 6.07) is 0. The molecule has 0 amide bonds. The molecule has 1 unspecified atom stereocenters. The van der Waals surface area contributed by atoms with E-state index in [4.69, 9.17) is 10.5 Å². The molecule has 88 valence electrons. The molecular weight excluding hydrogens is 188 g/mol. The lowest BCUT2D eigenvalue weighted by molar-refractivity contribution is 0.118. The summed E-state index contributed by atoms with van der Waals surface area (Å²) in [7, 11) is 0. The van der Waals surface area contributed by atoms with Gasteiger partial charge in [-0.05, 0) is 44.4 Å². The normalized spacial score (nSPS) is 25.2. The molecule has 2 saturated carbocycles. The van der Waals surface area contributed by atoms with Gasteiger partial charge in [0.1, 0.15) is 0 Å². The first kappa shape index (κ1) is 11.4. The van der Waals surface area contributed by atoms with E-state index in [1.807, 2.05) is 0 Å². The first-order valence-corrected chi connectivity index (χ1v) is 6.27. The standard InChI is InChI=1S/C12H24N2O/c1-12(9-13,11-4-5-11)14-6-7-15-8-10-2-3-10/h10-11,14H,2-9,13H2,1H3. The van der Waals surface area contributed by atoms with Crippen molar-refractivity contribution in [2.75, 3.05) is 26.3 Å². The van der Waals surface area contributed by atoms with Crippen LogP contribution in [0.3, 0.4) is 0 Å². The van der Waals surface area contributed by atoms with Gasteiger partial charge < -0.3 is 15.8 Å². The van der Waals surface area contributed by atoms with E-state index in [0.29, 0.717) is 0 Å². The Morgan fingerprint density at radius 3 is 2.60 bits per heavy atom. The average molecular weight is 212 g/mol. The second kappa shape index (κ2) is 4.81. The molecule has 0 bridgehead atoms. The molecule has 2 aliphatic rings. The van der Waals surface area contributed by atoms with Crippen molar-refractivity contribution < 1.29 is 4.74 Å². The van der Waals surface area contributed by atoms with Crippen molar-refractivity contribution in [3.8, 4) is 0 Å². The SMILES string of the molecule is CC(CN)(NCCOCC1CC1)C1CC1. The van der Waals surface area contributed by atoms with Gasteiger partial charge in [0.2, 0.25) is 0 Å². The van der Waals surface area contributed by atoms with Gasteiger partial charge in [0.05, 0.1) is 6.61 Å². The number of nitrogens with two attached hydrogens (primary N) is 1. The van der Waals surface area contributed by atoms with Crippen LogP contribution in [0, 0.1) is 11.8 Å². The predicted octanol–water partition coefficient (Wildman–Crippen LogP) is 1.13. The molecule has 15 heavy (non-hydrogen) atoms. The highest BCUT2D eigenvalue weighted by atomic mass is 16.5. The van der Waals surface area contributed by atoms with Gasteiger partial charge in [0.25, 0.3) is 0 Å². The summed E-state index contributed by atoms with van der Waals surface area (Å²) in [5.41, 5.74) is 5.97. The number of rotatable bonds is 8. The van der Waals surface area contributed by atoms with E-state index in [9.17, 15) is 0 Å². The van der Waals surface area contributed by atoms with Crippen LogP contribution in [0.15, 0.2) is 0 Å². The van der Waals surface area contributed by atoms with Gasteiger partial charge in [0.15, 0.2) is 0 Å². The molecule has 3 nitrogen and oxygen atoms in total. The third-order valence-electron chi connectivity index (χ3n) is 3.73. The largest absolute Gasteiger partial charge is 0.380 e. The molecule has 0 aromatic carbocycles. The predicted molar refractivity (Wildman–Crippen MR) is 61.7 cm³/mol. The summed E-state index contributed by atoms with van der Waals surface area (Å²) in [5, 5.41) is 3.55. The van der Waals surface area contributed by atoms with Crippen LogP contribution in [0.25, 0.3) is 0 Å². The monoisotopic (exact) mass is 212 g/mol. The lowest BCUT2D eigenvalue weighted by Gasteiger charge is -2.29. The van der Waals surface area contributed by atoms with Gasteiger partial charge in [0, 0.05) is 25.2 Å². The van der Waals surface area contributed by atoms with Crippen molar-refractivity contribution in [3.63, 3.8) is 0 Å². The Morgan fingerprint density at radius 1 is 1.33 bits per heavy atom. The molecule has 0 heterocycles. The fraction of sp³-hybridized carbons (Fsp3) is 1.00. The Kier molecular flexibility index (Phi) is 3.65. The molecule has 3 heteroatoms. The van der Waals surface area contributed by atoms with Crippen LogP contribution in [0.4, 0.5) is 0 Å². The highest BCUT2D eigenvalue weighted by molar-refractivity contribution is 4.98. The first-order chi connectivity index (χ1) is 7.24. The maximum atomic E-state index is 5.82. The second-order valence-corrected chi connectivity index (χ2v) is 5.34. The van der Waals surface area contributed by atoms with E-state index in [2.05, 4.69) is 12.2 Å². The summed E-state index contributed by atoms with van der Waals surface area (Å²) >= 11 is 0. The van der Waals surface area contributed by atoms with Crippen molar-refractivity contribution in [2.45, 2.75) is 38.1 Å². The Hall–Kier alpha value is -0.120. The molecule has 0 aromatic rings. The van der Waals surface area contributed by atoms with Crippen LogP contribution in [0.1, 0.15) is 32.6 Å². The summed E-state index contributed by atoms with van der Waals surface area (Å²) in [6.07, 6.45) is 5.42. The van der Waals surface area contributed by atoms with Crippen LogP contribution >= 0.6 is 0 Å². The summed E-state index contributed by atoms with van der Waals surface area (Å²) in [4.78, 5) is 0. The lowest BCUT2D eigenvalue weighted by Crippen LogP contribution is -2.51. The second-order valence-electron chi connectivity index (χ2n) is 5.34. The third kappa shape index (κ3) is 3.44. The van der Waals surface area contributed by atoms with Crippen molar-refractivity contribution in [3.05, 3.63) is 0 Å². The molecule has 2 aliphatic carbocycles. The topological polar surface area (TPSA) is 47.3 Å². The molecule has 0 radical (unpaired) electrons. The molecule has 0 aromatic heterocycles. The maximum Gasteiger partial charge on any atom is 0.0591 e. The first-order valence-electron chi connectivity index (χ1n) is 6.27. The molecular formula is C12H24N2O. The number of nitrogens with one attached hydrogen (secondary N) is 1. The molecule has 2 fully saturated rings. The summed E-state index contributed by atoms with van der Waals surface area (Å²) in [5.74, 6) is 1.67. The van der Waals surface area contributed by atoms with Crippen LogP contribution in [0.5, 0.6) is 0 Å². The van der Waals surface area contributed by atoms with Crippen LogP contribution in [0.2, 0.25) is 0 Å². The number of ether oxygens (including phenoxy) is 1. The molecule has 3 N–H and O–H groups in total. The number of hydrogen-bond acceptors (Lipinski definition) is 3. The summed E-state index contributed by atoms with van der Waals surface area (Å²) < 4.78 is 5.59. The zero-order chi connectivity index (χ0) is 10.7. The molecule has 1 atom stereocenters. The van der Waals surface area contributed by atoms with E-state index in [1.165, 1.54) is 25.7 Å². The molecule has 0 saturated heterocycles. The maximum absolute atomic E-state index is 5.82. The molecule has 0 aliphatic heterocycles. The minimum Gasteiger partial charge on any atom is -0.380 e. The Bertz CT molecular complexity index is 202. The fourth-order valence-corrected chi connectivity index (χ4v) is 2.05. The Morgan fingerprint density at radius 2 is 2.07 bits per heavy atom. The average Bonchev–Trinajstić information content (AvgIpc) is 3.07. The fourth-order valence-electron chi connectivity index (χ4n) is 2.05. The highest BCUT2D eigenvalue weighted by Crippen LogP contribution is 2.38. The van der Waals surface area contributed by atoms with E-state index in [-0.39, 0.29) is 5.54 Å². The minimum atomic E-state index is 0.156. The zero-order valence-corrected chi connectivity index (χ0v) is 9.80. The van der Waals surface area contributed by atoms with Gasteiger partial charge in [-0.15, -0.1) is 0 Å². The quantitative estimate of drug-likeness (QED) is 0.593. The van der Waals surface area contributed by atoms with E-state index >= 15 is 0 Å². The van der Waals surface area contributed by atoms with Crippen molar-refractivity contribution in [1.29, 1.82) is 0 Å². The van der Waals surface area contributed by atoms with Crippen molar-refractivity contribution in [2.24, 2.45) is 17.6 Å². The van der Waals surface area contributed by atoms with Crippen molar-refractivity contribution in [1.82, 2.24) is 5.32 Å². The van der Waals surface area contributed by atoms with Crippen LogP contribution in [-0.2, 0) is 4.74 Å². The Labute approximate surface area is 92.7 Å². The van der Waals surface area contributed by atoms with Crippen molar-refractivity contribution >= 4 is 0 Å². The number of hydrogen-bond donors (Lipinski definition) is 2. The third-order valence-corrected chi connectivity index (χ3v) is 3.73. The van der Waals surface area contributed by atoms with Gasteiger partial charge in [-0.25, -0.2) is 0 Å². The van der Waals surface area contributed by atoms with Crippen LogP contribution < -0.4 is 11.1 Å². The van der Waals surface area contributed by atoms with E-state index < -0.39 is 0 Å². The van der Waals surface area contributed by atoms with Gasteiger partial charge >= 0.3 is 0 Å². The molecule has 2 rings (SSSR count). The smallest absolute Gasteiger partial charge is 0.0591 e. The van der Waals surface area contributed by atoms with E-state index in [1.54, 1.807) is 0 Å². The van der Waals surface area contributed by atoms with Gasteiger partial charge in [-0.2, -0.15) is 0 Å². The van der Waals surface area contributed by atoms with Crippen LogP contribution in [-0.4, -0.2) is 31.8 Å². The zero-order valence-electron chi connectivity index (χ0n) is 9.80. The molecule has 0 spiro atoms. The minimum absolute atomic E-state index is 0.156. The Balaban J connectivity index is 1.54. The summed E-state index contributed by atoms with van der Waals surface area (Å²) in [6.45, 7) is 5.71. The van der Waals surface area contributed by atoms with E-state index in [0.717, 1.165) is 38.1 Å². The van der Waals surface area contributed by atoms with Gasteiger partial charge in [-0.3, -0.25) is 0 Å². The highest BCUT2D eigenvalue weighted by Gasteiger charge is 2.39. The lowest BCUT2D eigenvalue weighted by atomic mass is 9.96.